The van der Waals surface area contributed by atoms with Gasteiger partial charge in [0.15, 0.2) is 0 Å². The summed E-state index contributed by atoms with van der Waals surface area (Å²) < 4.78 is 1.74. The summed E-state index contributed by atoms with van der Waals surface area (Å²) in [5.74, 6) is -0.415. The monoisotopic (exact) mass is 373 g/mol. The van der Waals surface area contributed by atoms with E-state index in [0.717, 1.165) is 16.7 Å². The van der Waals surface area contributed by atoms with Crippen LogP contribution in [0.25, 0.3) is 5.70 Å². The molecule has 0 bridgehead atoms. The minimum atomic E-state index is -0.228. The molecule has 2 heterocycles. The number of fused-ring (bicyclic) bond motifs is 1. The number of nitrogens with one attached hydrogen (secondary N) is 1. The number of carbonyl (C=O) groups is 2. The van der Waals surface area contributed by atoms with Crippen molar-refractivity contribution in [3.05, 3.63) is 90.0 Å². The Morgan fingerprint density at radius 2 is 1.75 bits per heavy atom. The first-order valence-corrected chi connectivity index (χ1v) is 8.89. The molecule has 3 aromatic rings. The summed E-state index contributed by atoms with van der Waals surface area (Å²) in [5.41, 5.74) is 4.00. The minimum absolute atomic E-state index is 0.0449. The van der Waals surface area contributed by atoms with Crippen LogP contribution in [0.5, 0.6) is 0 Å². The van der Waals surface area contributed by atoms with Crippen molar-refractivity contribution < 1.29 is 9.59 Å². The average Bonchev–Trinajstić information content (AvgIpc) is 3.31. The molecule has 0 saturated heterocycles. The Labute approximate surface area is 162 Å². The molecule has 1 aliphatic heterocycles. The fourth-order valence-corrected chi connectivity index (χ4v) is 3.17. The van der Waals surface area contributed by atoms with Gasteiger partial charge in [0, 0.05) is 23.4 Å². The van der Waals surface area contributed by atoms with Gasteiger partial charge in [-0.1, -0.05) is 49.0 Å². The molecule has 0 radical (unpaired) electrons. The zero-order chi connectivity index (χ0) is 19.5. The summed E-state index contributed by atoms with van der Waals surface area (Å²) in [4.78, 5) is 30.1. The lowest BCUT2D eigenvalue weighted by Crippen LogP contribution is -2.36. The molecule has 0 fully saturated rings. The van der Waals surface area contributed by atoms with E-state index in [-0.39, 0.29) is 18.4 Å². The van der Waals surface area contributed by atoms with Gasteiger partial charge in [-0.15, -0.1) is 0 Å². The zero-order valence-electron chi connectivity index (χ0n) is 15.2. The third-order valence-corrected chi connectivity index (χ3v) is 4.66. The molecule has 2 amide bonds. The van der Waals surface area contributed by atoms with Gasteiger partial charge in [-0.3, -0.25) is 14.5 Å². The number of hydrogen-bond acceptors (Lipinski definition) is 4. The molecule has 7 nitrogen and oxygen atoms in total. The summed E-state index contributed by atoms with van der Waals surface area (Å²) >= 11 is 0. The Kier molecular flexibility index (Phi) is 4.72. The molecule has 0 spiro atoms. The van der Waals surface area contributed by atoms with Crippen LogP contribution in [0.3, 0.4) is 0 Å². The molecule has 0 unspecified atom stereocenters. The Bertz CT molecular complexity index is 990. The third-order valence-electron chi connectivity index (χ3n) is 4.66. The first kappa shape index (κ1) is 17.7. The Balaban J connectivity index is 1.31. The topological polar surface area (TPSA) is 80.1 Å². The van der Waals surface area contributed by atoms with Crippen molar-refractivity contribution in [2.75, 3.05) is 6.54 Å². The van der Waals surface area contributed by atoms with Crippen LogP contribution in [0, 0.1) is 0 Å². The molecule has 7 heteroatoms. The van der Waals surface area contributed by atoms with E-state index in [2.05, 4.69) is 22.0 Å². The highest BCUT2D eigenvalue weighted by Gasteiger charge is 2.31. The van der Waals surface area contributed by atoms with Crippen LogP contribution in [0.4, 0.5) is 0 Å². The molecule has 1 N–H and O–H groups in total. The van der Waals surface area contributed by atoms with Crippen molar-refractivity contribution in [2.24, 2.45) is 0 Å². The second-order valence-corrected chi connectivity index (χ2v) is 6.57. The number of nitrogens with zero attached hydrogens (tertiary/aromatic N) is 4. The van der Waals surface area contributed by atoms with Crippen LogP contribution in [0.1, 0.15) is 27.0 Å². The van der Waals surface area contributed by atoms with E-state index in [1.165, 1.54) is 11.2 Å². The predicted octanol–water partition coefficient (Wildman–Crippen LogP) is 2.07. The van der Waals surface area contributed by atoms with Crippen molar-refractivity contribution in [2.45, 2.75) is 13.1 Å². The highest BCUT2D eigenvalue weighted by atomic mass is 16.2. The van der Waals surface area contributed by atoms with E-state index in [1.54, 1.807) is 23.1 Å². The van der Waals surface area contributed by atoms with Crippen LogP contribution in [0.2, 0.25) is 0 Å². The zero-order valence-corrected chi connectivity index (χ0v) is 15.2. The van der Waals surface area contributed by atoms with Crippen molar-refractivity contribution in [1.29, 1.82) is 0 Å². The maximum atomic E-state index is 12.5. The SMILES string of the molecule is C=C1c2ccccc2C(=O)N1CC(=O)NCc1ccc(Cn2cncn2)cc1. The second kappa shape index (κ2) is 7.48. The highest BCUT2D eigenvalue weighted by Crippen LogP contribution is 2.30. The van der Waals surface area contributed by atoms with E-state index >= 15 is 0 Å². The molecule has 4 rings (SSSR count). The summed E-state index contributed by atoms with van der Waals surface area (Å²) in [5, 5.41) is 6.94. The standard InChI is InChI=1S/C21H19N5O2/c1-15-18-4-2-3-5-19(18)21(28)26(15)12-20(27)23-10-16-6-8-17(9-7-16)11-25-14-22-13-24-25/h2-9,13-14H,1,10-12H2,(H,23,27). The van der Waals surface area contributed by atoms with Gasteiger partial charge in [-0.25, -0.2) is 9.67 Å². The molecule has 28 heavy (non-hydrogen) atoms. The third kappa shape index (κ3) is 3.55. The van der Waals surface area contributed by atoms with Crippen molar-refractivity contribution in [3.8, 4) is 0 Å². The molecule has 0 atom stereocenters. The van der Waals surface area contributed by atoms with Gasteiger partial charge in [0.1, 0.15) is 19.2 Å². The van der Waals surface area contributed by atoms with Crippen LogP contribution in [-0.4, -0.2) is 38.0 Å². The van der Waals surface area contributed by atoms with Gasteiger partial charge in [-0.05, 0) is 17.2 Å². The summed E-state index contributed by atoms with van der Waals surface area (Å²) in [6, 6.07) is 15.2. The number of amides is 2. The van der Waals surface area contributed by atoms with E-state index in [9.17, 15) is 9.59 Å². The number of benzene rings is 2. The van der Waals surface area contributed by atoms with Crippen LogP contribution < -0.4 is 5.32 Å². The predicted molar refractivity (Wildman–Crippen MR) is 104 cm³/mol. The molecular weight excluding hydrogens is 354 g/mol. The lowest BCUT2D eigenvalue weighted by atomic mass is 10.1. The quantitative estimate of drug-likeness (QED) is 0.717. The molecule has 0 saturated carbocycles. The van der Waals surface area contributed by atoms with Crippen LogP contribution in [-0.2, 0) is 17.9 Å². The highest BCUT2D eigenvalue weighted by molar-refractivity contribution is 6.10. The summed E-state index contributed by atoms with van der Waals surface area (Å²) in [6.07, 6.45) is 3.17. The van der Waals surface area contributed by atoms with Gasteiger partial charge in [0.05, 0.1) is 6.54 Å². The van der Waals surface area contributed by atoms with Crippen LogP contribution >= 0.6 is 0 Å². The molecular formula is C21H19N5O2. The summed E-state index contributed by atoms with van der Waals surface area (Å²) in [6.45, 7) is 4.95. The number of aromatic nitrogens is 3. The largest absolute Gasteiger partial charge is 0.350 e. The Morgan fingerprint density at radius 3 is 2.43 bits per heavy atom. The first-order valence-electron chi connectivity index (χ1n) is 8.89. The lowest BCUT2D eigenvalue weighted by molar-refractivity contribution is -0.121. The fourth-order valence-electron chi connectivity index (χ4n) is 3.17. The Morgan fingerprint density at radius 1 is 1.04 bits per heavy atom. The molecule has 140 valence electrons. The molecule has 2 aromatic carbocycles. The first-order chi connectivity index (χ1) is 13.6. The average molecular weight is 373 g/mol. The normalized spacial score (nSPS) is 12.9. The molecule has 1 aliphatic rings. The maximum absolute atomic E-state index is 12.5. The van der Waals surface area contributed by atoms with E-state index in [4.69, 9.17) is 0 Å². The van der Waals surface area contributed by atoms with Crippen molar-refractivity contribution in [1.82, 2.24) is 25.0 Å². The smallest absolute Gasteiger partial charge is 0.259 e. The van der Waals surface area contributed by atoms with Gasteiger partial charge in [0.25, 0.3) is 5.91 Å². The van der Waals surface area contributed by atoms with Gasteiger partial charge in [0.2, 0.25) is 5.91 Å². The van der Waals surface area contributed by atoms with E-state index < -0.39 is 0 Å². The van der Waals surface area contributed by atoms with Crippen LogP contribution in [0.15, 0.2) is 67.8 Å². The second-order valence-electron chi connectivity index (χ2n) is 6.57. The van der Waals surface area contributed by atoms with Gasteiger partial charge >= 0.3 is 0 Å². The number of rotatable bonds is 6. The van der Waals surface area contributed by atoms with Gasteiger partial charge < -0.3 is 5.32 Å². The lowest BCUT2D eigenvalue weighted by Gasteiger charge is -2.17. The number of hydrogen-bond donors (Lipinski definition) is 1. The Hall–Kier alpha value is -3.74. The van der Waals surface area contributed by atoms with Crippen molar-refractivity contribution >= 4 is 17.5 Å². The maximum Gasteiger partial charge on any atom is 0.259 e. The van der Waals surface area contributed by atoms with E-state index in [1.807, 2.05) is 36.4 Å². The minimum Gasteiger partial charge on any atom is -0.350 e. The van der Waals surface area contributed by atoms with E-state index in [0.29, 0.717) is 24.4 Å². The van der Waals surface area contributed by atoms with Gasteiger partial charge in [-0.2, -0.15) is 5.10 Å². The molecule has 1 aromatic heterocycles. The van der Waals surface area contributed by atoms with Crippen molar-refractivity contribution in [3.63, 3.8) is 0 Å². The number of carbonyl (C=O) groups excluding carboxylic acids is 2. The summed E-state index contributed by atoms with van der Waals surface area (Å²) in [7, 11) is 0. The molecule has 0 aliphatic carbocycles. The fraction of sp³-hybridized carbons (Fsp3) is 0.143.